The molecule has 0 radical (unpaired) electrons. The summed E-state index contributed by atoms with van der Waals surface area (Å²) in [6.45, 7) is 3.22. The molecule has 5 aromatic carbocycles. The second-order valence-electron chi connectivity index (χ2n) is 10.9. The summed E-state index contributed by atoms with van der Waals surface area (Å²) in [5.41, 5.74) is 4.62. The SMILES string of the molecule is O=C1C2CN(Cc3c4ccccc4cc4ccccc34)CCN2C(=O)CN1Cc1ccc(-c2ccccc2)cc1. The van der Waals surface area contributed by atoms with Gasteiger partial charge in [0.05, 0.1) is 0 Å². The Balaban J connectivity index is 1.11. The average molecular weight is 526 g/mol. The Hall–Kier alpha value is -4.48. The second-order valence-corrected chi connectivity index (χ2v) is 10.9. The van der Waals surface area contributed by atoms with Gasteiger partial charge in [-0.15, -0.1) is 0 Å². The molecule has 2 aliphatic rings. The molecule has 7 rings (SSSR count). The number of hydrogen-bond acceptors (Lipinski definition) is 3. The number of carbonyl (C=O) groups is 2. The third-order valence-corrected chi connectivity index (χ3v) is 8.41. The van der Waals surface area contributed by atoms with E-state index in [0.29, 0.717) is 19.6 Å². The van der Waals surface area contributed by atoms with E-state index in [-0.39, 0.29) is 18.4 Å². The molecule has 1 unspecified atom stereocenters. The molecule has 2 aliphatic heterocycles. The van der Waals surface area contributed by atoms with Gasteiger partial charge in [-0.05, 0) is 49.9 Å². The van der Waals surface area contributed by atoms with Gasteiger partial charge in [0.2, 0.25) is 11.8 Å². The Morgan fingerprint density at radius 3 is 1.98 bits per heavy atom. The van der Waals surface area contributed by atoms with Crippen LogP contribution in [0.25, 0.3) is 32.7 Å². The Bertz CT molecular complexity index is 1660. The van der Waals surface area contributed by atoms with Crippen molar-refractivity contribution in [1.29, 1.82) is 0 Å². The third kappa shape index (κ3) is 4.52. The zero-order valence-electron chi connectivity index (χ0n) is 22.4. The molecule has 0 spiro atoms. The van der Waals surface area contributed by atoms with Crippen LogP contribution in [-0.4, -0.2) is 58.7 Å². The van der Waals surface area contributed by atoms with E-state index in [0.717, 1.165) is 29.8 Å². The Kier molecular flexibility index (Phi) is 6.29. The molecule has 5 nitrogen and oxygen atoms in total. The lowest BCUT2D eigenvalue weighted by Crippen LogP contribution is -2.66. The van der Waals surface area contributed by atoms with E-state index < -0.39 is 6.04 Å². The highest BCUT2D eigenvalue weighted by atomic mass is 16.2. The fraction of sp³-hybridized carbons (Fsp3) is 0.200. The Morgan fingerprint density at radius 1 is 0.650 bits per heavy atom. The predicted molar refractivity (Wildman–Crippen MR) is 160 cm³/mol. The number of piperazine rings is 2. The Morgan fingerprint density at radius 2 is 1.27 bits per heavy atom. The predicted octanol–water partition coefficient (Wildman–Crippen LogP) is 5.72. The third-order valence-electron chi connectivity index (χ3n) is 8.41. The molecule has 198 valence electrons. The first-order chi connectivity index (χ1) is 19.6. The number of amides is 2. The lowest BCUT2D eigenvalue weighted by molar-refractivity contribution is -0.160. The molecule has 0 aliphatic carbocycles. The molecule has 5 aromatic rings. The van der Waals surface area contributed by atoms with Crippen LogP contribution in [0.3, 0.4) is 0 Å². The maximum atomic E-state index is 13.7. The van der Waals surface area contributed by atoms with Gasteiger partial charge in [-0.2, -0.15) is 0 Å². The van der Waals surface area contributed by atoms with Crippen LogP contribution in [0.5, 0.6) is 0 Å². The molecule has 2 fully saturated rings. The largest absolute Gasteiger partial charge is 0.327 e. The van der Waals surface area contributed by atoms with Crippen LogP contribution < -0.4 is 0 Å². The fourth-order valence-corrected chi connectivity index (χ4v) is 6.33. The van der Waals surface area contributed by atoms with Gasteiger partial charge in [-0.25, -0.2) is 0 Å². The van der Waals surface area contributed by atoms with Gasteiger partial charge in [0.1, 0.15) is 12.6 Å². The highest BCUT2D eigenvalue weighted by Gasteiger charge is 2.42. The minimum atomic E-state index is -0.445. The second kappa shape index (κ2) is 10.2. The zero-order valence-corrected chi connectivity index (χ0v) is 22.4. The van der Waals surface area contributed by atoms with Crippen LogP contribution in [0.4, 0.5) is 0 Å². The molecule has 5 heteroatoms. The van der Waals surface area contributed by atoms with Gasteiger partial charge in [-0.1, -0.05) is 103 Å². The minimum Gasteiger partial charge on any atom is -0.327 e. The van der Waals surface area contributed by atoms with E-state index in [4.69, 9.17) is 0 Å². The van der Waals surface area contributed by atoms with Gasteiger partial charge in [0, 0.05) is 32.7 Å². The molecule has 2 saturated heterocycles. The molecule has 40 heavy (non-hydrogen) atoms. The van der Waals surface area contributed by atoms with Crippen LogP contribution >= 0.6 is 0 Å². The maximum absolute atomic E-state index is 13.7. The molecule has 0 aromatic heterocycles. The summed E-state index contributed by atoms with van der Waals surface area (Å²) in [6, 6.07) is 37.4. The van der Waals surface area contributed by atoms with Gasteiger partial charge in [0.25, 0.3) is 0 Å². The van der Waals surface area contributed by atoms with Crippen LogP contribution in [0.15, 0.2) is 109 Å². The lowest BCUT2D eigenvalue weighted by atomic mass is 9.96. The standard InChI is InChI=1S/C35H31N3O2/c39-34-24-37(21-25-14-16-27(17-15-25)26-8-2-1-3-9-26)35(40)33-23-36(18-19-38(33)34)22-32-30-12-6-4-10-28(30)20-29-11-5-7-13-31(29)32/h1-17,20,33H,18-19,21-24H2. The monoisotopic (exact) mass is 525 g/mol. The fourth-order valence-electron chi connectivity index (χ4n) is 6.33. The number of nitrogens with zero attached hydrogens (tertiary/aromatic N) is 3. The number of fused-ring (bicyclic) bond motifs is 3. The number of hydrogen-bond donors (Lipinski definition) is 0. The topological polar surface area (TPSA) is 43.9 Å². The van der Waals surface area contributed by atoms with Crippen molar-refractivity contribution in [3.05, 3.63) is 120 Å². The van der Waals surface area contributed by atoms with E-state index in [9.17, 15) is 9.59 Å². The average Bonchev–Trinajstić information content (AvgIpc) is 3.00. The summed E-state index contributed by atoms with van der Waals surface area (Å²) >= 11 is 0. The highest BCUT2D eigenvalue weighted by molar-refractivity contribution is 6.02. The van der Waals surface area contributed by atoms with Crippen molar-refractivity contribution in [2.45, 2.75) is 19.1 Å². The summed E-state index contributed by atoms with van der Waals surface area (Å²) in [6.07, 6.45) is 0. The van der Waals surface area contributed by atoms with Crippen molar-refractivity contribution >= 4 is 33.4 Å². The highest BCUT2D eigenvalue weighted by Crippen LogP contribution is 2.31. The van der Waals surface area contributed by atoms with Crippen molar-refractivity contribution in [1.82, 2.24) is 14.7 Å². The van der Waals surface area contributed by atoms with Crippen molar-refractivity contribution in [2.24, 2.45) is 0 Å². The maximum Gasteiger partial charge on any atom is 0.247 e. The van der Waals surface area contributed by atoms with Crippen molar-refractivity contribution < 1.29 is 9.59 Å². The van der Waals surface area contributed by atoms with E-state index >= 15 is 0 Å². The normalized spacial score (nSPS) is 17.9. The first kappa shape index (κ1) is 24.6. The summed E-state index contributed by atoms with van der Waals surface area (Å²) in [5.74, 6) is 0.0833. The van der Waals surface area contributed by atoms with Crippen LogP contribution in [-0.2, 0) is 22.7 Å². The van der Waals surface area contributed by atoms with Crippen LogP contribution in [0, 0.1) is 0 Å². The quantitative estimate of drug-likeness (QED) is 0.276. The van der Waals surface area contributed by atoms with Crippen molar-refractivity contribution in [3.8, 4) is 11.1 Å². The molecule has 0 saturated carbocycles. The molecular weight excluding hydrogens is 494 g/mol. The first-order valence-electron chi connectivity index (χ1n) is 14.0. The summed E-state index contributed by atoms with van der Waals surface area (Å²) in [5, 5.41) is 4.94. The van der Waals surface area contributed by atoms with Gasteiger partial charge >= 0.3 is 0 Å². The molecule has 2 heterocycles. The molecular formula is C35H31N3O2. The van der Waals surface area contributed by atoms with Crippen molar-refractivity contribution in [3.63, 3.8) is 0 Å². The molecule has 1 atom stereocenters. The lowest BCUT2D eigenvalue weighted by Gasteiger charge is -2.46. The summed E-state index contributed by atoms with van der Waals surface area (Å²) in [7, 11) is 0. The smallest absolute Gasteiger partial charge is 0.247 e. The van der Waals surface area contributed by atoms with Gasteiger partial charge < -0.3 is 9.80 Å². The molecule has 2 amide bonds. The molecule has 0 bridgehead atoms. The summed E-state index contributed by atoms with van der Waals surface area (Å²) < 4.78 is 0. The van der Waals surface area contributed by atoms with E-state index in [2.05, 4.69) is 95.9 Å². The number of benzene rings is 5. The molecule has 0 N–H and O–H groups in total. The number of rotatable bonds is 5. The van der Waals surface area contributed by atoms with E-state index in [1.54, 1.807) is 9.80 Å². The van der Waals surface area contributed by atoms with Crippen molar-refractivity contribution in [2.75, 3.05) is 26.2 Å². The number of carbonyl (C=O) groups excluding carboxylic acids is 2. The first-order valence-corrected chi connectivity index (χ1v) is 14.0. The van der Waals surface area contributed by atoms with Crippen LogP contribution in [0.2, 0.25) is 0 Å². The summed E-state index contributed by atoms with van der Waals surface area (Å²) in [4.78, 5) is 32.7. The minimum absolute atomic E-state index is 0.0409. The Labute approximate surface area is 234 Å². The zero-order chi connectivity index (χ0) is 27.1. The van der Waals surface area contributed by atoms with E-state index in [1.165, 1.54) is 27.1 Å². The van der Waals surface area contributed by atoms with Crippen LogP contribution in [0.1, 0.15) is 11.1 Å². The van der Waals surface area contributed by atoms with E-state index in [1.807, 2.05) is 18.2 Å². The van der Waals surface area contributed by atoms with Gasteiger partial charge in [0.15, 0.2) is 0 Å². The van der Waals surface area contributed by atoms with Gasteiger partial charge in [-0.3, -0.25) is 14.5 Å².